The molecule has 2 aromatic rings. The Morgan fingerprint density at radius 2 is 2.08 bits per heavy atom. The maximum Gasteiger partial charge on any atom is 0.246 e. The lowest BCUT2D eigenvalue weighted by molar-refractivity contribution is -0.126. The standard InChI is InChI=1S/C18H24N2O2S2/c1-14-6-9-23-17(14)11-20(8-7-19(2)3)18(22)5-4-16-10-15(12-21)13-24-16/h4-6,9-10,13,21H,7-8,11-12H2,1-3H3/b5-4+. The Labute approximate surface area is 151 Å². The van der Waals surface area contributed by atoms with Gasteiger partial charge in [0.2, 0.25) is 5.91 Å². The van der Waals surface area contributed by atoms with E-state index < -0.39 is 0 Å². The summed E-state index contributed by atoms with van der Waals surface area (Å²) in [6, 6.07) is 3.99. The summed E-state index contributed by atoms with van der Waals surface area (Å²) in [4.78, 5) is 18.8. The molecular weight excluding hydrogens is 340 g/mol. The SMILES string of the molecule is Cc1ccsc1CN(CCN(C)C)C(=O)/C=C/c1cc(CO)cs1. The van der Waals surface area contributed by atoms with Crippen LogP contribution in [0.3, 0.4) is 0 Å². The minimum atomic E-state index is 0.0172. The molecule has 2 rings (SSSR count). The van der Waals surface area contributed by atoms with Crippen molar-refractivity contribution in [3.8, 4) is 0 Å². The van der Waals surface area contributed by atoms with Gasteiger partial charge >= 0.3 is 0 Å². The van der Waals surface area contributed by atoms with Crippen LogP contribution in [0.4, 0.5) is 0 Å². The molecule has 1 N–H and O–H groups in total. The van der Waals surface area contributed by atoms with Crippen LogP contribution in [0, 0.1) is 6.92 Å². The van der Waals surface area contributed by atoms with E-state index in [2.05, 4.69) is 23.3 Å². The maximum absolute atomic E-state index is 12.6. The van der Waals surface area contributed by atoms with Crippen molar-refractivity contribution in [3.63, 3.8) is 0 Å². The molecule has 0 atom stereocenters. The molecule has 0 aliphatic heterocycles. The molecule has 0 radical (unpaired) electrons. The third kappa shape index (κ3) is 5.56. The average Bonchev–Trinajstić information content (AvgIpc) is 3.17. The molecule has 1 amide bonds. The highest BCUT2D eigenvalue weighted by atomic mass is 32.1. The van der Waals surface area contributed by atoms with Crippen molar-refractivity contribution in [1.29, 1.82) is 0 Å². The van der Waals surface area contributed by atoms with Crippen LogP contribution in [-0.2, 0) is 17.9 Å². The van der Waals surface area contributed by atoms with E-state index in [9.17, 15) is 4.79 Å². The van der Waals surface area contributed by atoms with Crippen LogP contribution in [-0.4, -0.2) is 48.0 Å². The van der Waals surface area contributed by atoms with Gasteiger partial charge in [0.25, 0.3) is 0 Å². The fourth-order valence-corrected chi connectivity index (χ4v) is 3.87. The first-order valence-corrected chi connectivity index (χ1v) is 9.58. The fraction of sp³-hybridized carbons (Fsp3) is 0.389. The van der Waals surface area contributed by atoms with E-state index in [1.807, 2.05) is 36.5 Å². The lowest BCUT2D eigenvalue weighted by Gasteiger charge is -2.23. The third-order valence-electron chi connectivity index (χ3n) is 3.68. The molecular formula is C18H24N2O2S2. The summed E-state index contributed by atoms with van der Waals surface area (Å²) in [6.07, 6.45) is 3.46. The zero-order chi connectivity index (χ0) is 17.5. The lowest BCUT2D eigenvalue weighted by atomic mass is 10.2. The second kappa shape index (κ2) is 9.13. The predicted octanol–water partition coefficient (Wildman–Crippen LogP) is 3.21. The van der Waals surface area contributed by atoms with Gasteiger partial charge in [-0.05, 0) is 61.1 Å². The maximum atomic E-state index is 12.6. The average molecular weight is 365 g/mol. The molecule has 2 aromatic heterocycles. The number of nitrogens with zero attached hydrogens (tertiary/aromatic N) is 2. The first-order valence-electron chi connectivity index (χ1n) is 7.82. The highest BCUT2D eigenvalue weighted by molar-refractivity contribution is 7.11. The normalized spacial score (nSPS) is 11.5. The summed E-state index contributed by atoms with van der Waals surface area (Å²) >= 11 is 3.22. The first-order chi connectivity index (χ1) is 11.5. The molecule has 4 nitrogen and oxygen atoms in total. The summed E-state index contributed by atoms with van der Waals surface area (Å²) in [5.74, 6) is 0.0172. The molecule has 0 saturated carbocycles. The summed E-state index contributed by atoms with van der Waals surface area (Å²) in [5, 5.41) is 13.1. The number of amides is 1. The van der Waals surface area contributed by atoms with Gasteiger partial charge in [-0.2, -0.15) is 0 Å². The van der Waals surface area contributed by atoms with E-state index in [0.29, 0.717) is 13.1 Å². The van der Waals surface area contributed by atoms with Crippen molar-refractivity contribution in [3.05, 3.63) is 49.9 Å². The third-order valence-corrected chi connectivity index (χ3v) is 5.63. The molecule has 0 aliphatic rings. The number of aryl methyl sites for hydroxylation is 1. The van der Waals surface area contributed by atoms with Crippen molar-refractivity contribution < 1.29 is 9.90 Å². The van der Waals surface area contributed by atoms with Crippen molar-refractivity contribution in [2.45, 2.75) is 20.1 Å². The second-order valence-corrected chi connectivity index (χ2v) is 7.88. The van der Waals surface area contributed by atoms with E-state index in [-0.39, 0.29) is 12.5 Å². The van der Waals surface area contributed by atoms with Gasteiger partial charge in [-0.15, -0.1) is 22.7 Å². The second-order valence-electron chi connectivity index (χ2n) is 5.94. The Morgan fingerprint density at radius 3 is 2.67 bits per heavy atom. The van der Waals surface area contributed by atoms with Crippen LogP contribution in [0.25, 0.3) is 6.08 Å². The molecule has 2 heterocycles. The number of aliphatic hydroxyl groups excluding tert-OH is 1. The van der Waals surface area contributed by atoms with E-state index in [1.165, 1.54) is 21.8 Å². The number of thiophene rings is 2. The highest BCUT2D eigenvalue weighted by Gasteiger charge is 2.14. The summed E-state index contributed by atoms with van der Waals surface area (Å²) in [7, 11) is 4.02. The van der Waals surface area contributed by atoms with Crippen LogP contribution in [0.5, 0.6) is 0 Å². The minimum absolute atomic E-state index is 0.0172. The zero-order valence-corrected chi connectivity index (χ0v) is 16.0. The molecule has 0 saturated heterocycles. The van der Waals surface area contributed by atoms with Crippen LogP contribution in [0.2, 0.25) is 0 Å². The summed E-state index contributed by atoms with van der Waals surface area (Å²) in [6.45, 7) is 4.29. The Balaban J connectivity index is 2.06. The van der Waals surface area contributed by atoms with Gasteiger partial charge in [-0.3, -0.25) is 4.79 Å². The number of rotatable bonds is 8. The van der Waals surface area contributed by atoms with Crippen LogP contribution in [0.15, 0.2) is 29.0 Å². The molecule has 0 spiro atoms. The van der Waals surface area contributed by atoms with Crippen molar-refractivity contribution >= 4 is 34.7 Å². The number of hydrogen-bond acceptors (Lipinski definition) is 5. The topological polar surface area (TPSA) is 43.8 Å². The monoisotopic (exact) mass is 364 g/mol. The van der Waals surface area contributed by atoms with Crippen molar-refractivity contribution in [2.24, 2.45) is 0 Å². The van der Waals surface area contributed by atoms with Gasteiger partial charge in [0.15, 0.2) is 0 Å². The number of likely N-dealkylation sites (N-methyl/N-ethyl adjacent to an activating group) is 1. The summed E-state index contributed by atoms with van der Waals surface area (Å²) in [5.41, 5.74) is 2.11. The molecule has 0 unspecified atom stereocenters. The van der Waals surface area contributed by atoms with Crippen molar-refractivity contribution in [2.75, 3.05) is 27.2 Å². The molecule has 0 bridgehead atoms. The number of carbonyl (C=O) groups is 1. The van der Waals surface area contributed by atoms with Gasteiger partial charge in [0, 0.05) is 28.9 Å². The van der Waals surface area contributed by atoms with E-state index in [4.69, 9.17) is 5.11 Å². The van der Waals surface area contributed by atoms with Crippen LogP contribution in [0.1, 0.15) is 20.9 Å². The zero-order valence-electron chi connectivity index (χ0n) is 14.4. The Hall–Kier alpha value is -1.47. The van der Waals surface area contributed by atoms with Gasteiger partial charge in [-0.25, -0.2) is 0 Å². The summed E-state index contributed by atoms with van der Waals surface area (Å²) < 4.78 is 0. The Morgan fingerprint density at radius 1 is 1.29 bits per heavy atom. The molecule has 24 heavy (non-hydrogen) atoms. The van der Waals surface area contributed by atoms with Gasteiger partial charge in [0.1, 0.15) is 0 Å². The highest BCUT2D eigenvalue weighted by Crippen LogP contribution is 2.19. The quantitative estimate of drug-likeness (QED) is 0.732. The van der Waals surface area contributed by atoms with Gasteiger partial charge < -0.3 is 14.9 Å². The molecule has 0 fully saturated rings. The van der Waals surface area contributed by atoms with E-state index >= 15 is 0 Å². The lowest BCUT2D eigenvalue weighted by Crippen LogP contribution is -2.35. The molecule has 0 aliphatic carbocycles. The number of aliphatic hydroxyl groups is 1. The van der Waals surface area contributed by atoms with Gasteiger partial charge in [0.05, 0.1) is 13.2 Å². The van der Waals surface area contributed by atoms with Crippen LogP contribution >= 0.6 is 22.7 Å². The molecule has 130 valence electrons. The first kappa shape index (κ1) is 18.9. The predicted molar refractivity (Wildman–Crippen MR) is 102 cm³/mol. The fourth-order valence-electron chi connectivity index (χ4n) is 2.15. The van der Waals surface area contributed by atoms with Gasteiger partial charge in [-0.1, -0.05) is 0 Å². The van der Waals surface area contributed by atoms with E-state index in [0.717, 1.165) is 17.0 Å². The minimum Gasteiger partial charge on any atom is -0.392 e. The Kier molecular flexibility index (Phi) is 7.17. The molecule has 6 heteroatoms. The van der Waals surface area contributed by atoms with E-state index in [1.54, 1.807) is 17.4 Å². The van der Waals surface area contributed by atoms with Crippen LogP contribution < -0.4 is 0 Å². The number of carbonyl (C=O) groups excluding carboxylic acids is 1. The Bertz CT molecular complexity index is 689. The largest absolute Gasteiger partial charge is 0.392 e. The van der Waals surface area contributed by atoms with Crippen molar-refractivity contribution in [1.82, 2.24) is 9.80 Å². The smallest absolute Gasteiger partial charge is 0.246 e. The molecule has 0 aromatic carbocycles. The number of hydrogen-bond donors (Lipinski definition) is 1.